The molecule has 0 radical (unpaired) electrons. The fourth-order valence-electron chi connectivity index (χ4n) is 1.75. The van der Waals surface area contributed by atoms with Crippen molar-refractivity contribution in [3.8, 4) is 0 Å². The Morgan fingerprint density at radius 3 is 2.80 bits per heavy atom. The molecule has 0 aliphatic rings. The molecule has 1 heterocycles. The summed E-state index contributed by atoms with van der Waals surface area (Å²) in [5.74, 6) is 0. The van der Waals surface area contributed by atoms with Gasteiger partial charge in [0.25, 0.3) is 0 Å². The Kier molecular flexibility index (Phi) is 5.83. The van der Waals surface area contributed by atoms with Crippen LogP contribution < -0.4 is 5.32 Å². The molecular weight excluding hydrogens is 208 g/mol. The zero-order chi connectivity index (χ0) is 11.1. The van der Waals surface area contributed by atoms with Gasteiger partial charge in [-0.3, -0.25) is 0 Å². The fraction of sp³-hybridized carbons (Fsp3) is 0.727. The van der Waals surface area contributed by atoms with E-state index in [9.17, 15) is 0 Å². The lowest BCUT2D eigenvalue weighted by atomic mass is 10.1. The number of thiazole rings is 1. The first-order chi connectivity index (χ1) is 7.31. The van der Waals surface area contributed by atoms with Gasteiger partial charge < -0.3 is 10.1 Å². The Labute approximate surface area is 95.9 Å². The molecule has 0 fully saturated rings. The Morgan fingerprint density at radius 2 is 2.33 bits per heavy atom. The van der Waals surface area contributed by atoms with E-state index in [1.165, 1.54) is 5.01 Å². The van der Waals surface area contributed by atoms with Gasteiger partial charge in [0.15, 0.2) is 0 Å². The summed E-state index contributed by atoms with van der Waals surface area (Å²) in [7, 11) is 1.78. The average molecular weight is 228 g/mol. The first-order valence-corrected chi connectivity index (χ1v) is 6.34. The minimum absolute atomic E-state index is 0.272. The summed E-state index contributed by atoms with van der Waals surface area (Å²) in [5.41, 5.74) is 0. The van der Waals surface area contributed by atoms with Gasteiger partial charge in [0.2, 0.25) is 0 Å². The number of ether oxygens (including phenoxy) is 1. The molecule has 0 aliphatic heterocycles. The Bertz CT molecular complexity index is 247. The van der Waals surface area contributed by atoms with Crippen LogP contribution in [0.4, 0.5) is 0 Å². The maximum atomic E-state index is 5.48. The number of methoxy groups -OCH3 is 1. The summed E-state index contributed by atoms with van der Waals surface area (Å²) < 4.78 is 5.48. The number of hydrogen-bond acceptors (Lipinski definition) is 4. The number of nitrogens with zero attached hydrogens (tertiary/aromatic N) is 1. The number of nitrogens with one attached hydrogen (secondary N) is 1. The van der Waals surface area contributed by atoms with E-state index in [2.05, 4.69) is 24.1 Å². The third-order valence-corrected chi connectivity index (χ3v) is 3.30. The Hall–Kier alpha value is -0.450. The quantitative estimate of drug-likeness (QED) is 0.776. The predicted molar refractivity (Wildman–Crippen MR) is 64.4 cm³/mol. The average Bonchev–Trinajstić information content (AvgIpc) is 2.72. The Balaban J connectivity index is 2.56. The summed E-state index contributed by atoms with van der Waals surface area (Å²) in [6.07, 6.45) is 4.11. The van der Waals surface area contributed by atoms with Crippen molar-refractivity contribution in [2.24, 2.45) is 0 Å². The zero-order valence-electron chi connectivity index (χ0n) is 9.69. The molecule has 4 heteroatoms. The van der Waals surface area contributed by atoms with Crippen LogP contribution in [0.1, 0.15) is 25.3 Å². The van der Waals surface area contributed by atoms with Crippen LogP contribution in [0.15, 0.2) is 11.6 Å². The van der Waals surface area contributed by atoms with E-state index in [0.717, 1.165) is 19.4 Å². The lowest BCUT2D eigenvalue weighted by molar-refractivity contribution is 0.0658. The van der Waals surface area contributed by atoms with E-state index < -0.39 is 0 Å². The van der Waals surface area contributed by atoms with Crippen molar-refractivity contribution in [2.75, 3.05) is 13.7 Å². The van der Waals surface area contributed by atoms with Crippen molar-refractivity contribution in [3.05, 3.63) is 16.6 Å². The topological polar surface area (TPSA) is 34.2 Å². The third-order valence-electron chi connectivity index (χ3n) is 2.50. The summed E-state index contributed by atoms with van der Waals surface area (Å²) in [4.78, 5) is 4.31. The van der Waals surface area contributed by atoms with Gasteiger partial charge in [-0.1, -0.05) is 13.8 Å². The lowest BCUT2D eigenvalue weighted by Crippen LogP contribution is -2.42. The van der Waals surface area contributed by atoms with Crippen LogP contribution in [0.2, 0.25) is 0 Å². The van der Waals surface area contributed by atoms with Crippen molar-refractivity contribution in [3.63, 3.8) is 0 Å². The minimum Gasteiger partial charge on any atom is -0.380 e. The second-order valence-electron chi connectivity index (χ2n) is 3.48. The molecular formula is C11H20N2OS. The molecule has 2 atom stereocenters. The van der Waals surface area contributed by atoms with Crippen LogP contribution in [-0.4, -0.2) is 30.8 Å². The summed E-state index contributed by atoms with van der Waals surface area (Å²) in [6.45, 7) is 5.24. The van der Waals surface area contributed by atoms with Crippen molar-refractivity contribution in [1.82, 2.24) is 10.3 Å². The van der Waals surface area contributed by atoms with Crippen molar-refractivity contribution in [1.29, 1.82) is 0 Å². The SMILES string of the molecule is CCNC(Cc1nccs1)C(CC)OC. The molecule has 3 nitrogen and oxygen atoms in total. The fourth-order valence-corrected chi connectivity index (χ4v) is 2.43. The maximum absolute atomic E-state index is 5.48. The highest BCUT2D eigenvalue weighted by atomic mass is 32.1. The molecule has 0 spiro atoms. The van der Waals surface area contributed by atoms with Gasteiger partial charge in [-0.05, 0) is 13.0 Å². The second-order valence-corrected chi connectivity index (χ2v) is 4.46. The number of likely N-dealkylation sites (N-methyl/N-ethyl adjacent to an activating group) is 1. The van der Waals surface area contributed by atoms with E-state index in [4.69, 9.17) is 4.74 Å². The maximum Gasteiger partial charge on any atom is 0.0941 e. The largest absolute Gasteiger partial charge is 0.380 e. The number of aromatic nitrogens is 1. The van der Waals surface area contributed by atoms with Crippen LogP contribution in [0.25, 0.3) is 0 Å². The molecule has 1 N–H and O–H groups in total. The molecule has 0 aliphatic carbocycles. The predicted octanol–water partition coefficient (Wildman–Crippen LogP) is 2.09. The lowest BCUT2D eigenvalue weighted by Gasteiger charge is -2.25. The van der Waals surface area contributed by atoms with Crippen molar-refractivity contribution >= 4 is 11.3 Å². The van der Waals surface area contributed by atoms with Gasteiger partial charge >= 0.3 is 0 Å². The van der Waals surface area contributed by atoms with Crippen LogP contribution in [0, 0.1) is 0 Å². The standard InChI is InChI=1S/C11H20N2OS/c1-4-10(14-3)9(12-5-2)8-11-13-6-7-15-11/h6-7,9-10,12H,4-5,8H2,1-3H3. The van der Waals surface area contributed by atoms with E-state index in [1.807, 2.05) is 11.6 Å². The number of hydrogen-bond donors (Lipinski definition) is 1. The molecule has 2 unspecified atom stereocenters. The summed E-state index contributed by atoms with van der Waals surface area (Å²) in [6, 6.07) is 0.371. The van der Waals surface area contributed by atoms with Gasteiger partial charge in [0, 0.05) is 31.1 Å². The van der Waals surface area contributed by atoms with Crippen LogP contribution >= 0.6 is 11.3 Å². The molecule has 0 saturated carbocycles. The van der Waals surface area contributed by atoms with Crippen molar-refractivity contribution in [2.45, 2.75) is 38.8 Å². The van der Waals surface area contributed by atoms with Gasteiger partial charge in [-0.25, -0.2) is 4.98 Å². The van der Waals surface area contributed by atoms with E-state index >= 15 is 0 Å². The van der Waals surface area contributed by atoms with Gasteiger partial charge in [0.05, 0.1) is 11.1 Å². The highest BCUT2D eigenvalue weighted by Crippen LogP contribution is 2.12. The first-order valence-electron chi connectivity index (χ1n) is 5.46. The van der Waals surface area contributed by atoms with E-state index in [-0.39, 0.29) is 6.10 Å². The van der Waals surface area contributed by atoms with Crippen molar-refractivity contribution < 1.29 is 4.74 Å². The normalized spacial score (nSPS) is 15.1. The zero-order valence-corrected chi connectivity index (χ0v) is 10.5. The molecule has 1 aromatic rings. The molecule has 0 amide bonds. The molecule has 0 aromatic carbocycles. The summed E-state index contributed by atoms with van der Waals surface area (Å²) in [5, 5.41) is 6.66. The molecule has 1 rings (SSSR count). The third kappa shape index (κ3) is 3.89. The van der Waals surface area contributed by atoms with Gasteiger partial charge in [0.1, 0.15) is 0 Å². The Morgan fingerprint density at radius 1 is 1.53 bits per heavy atom. The van der Waals surface area contributed by atoms with E-state index in [1.54, 1.807) is 18.4 Å². The number of rotatable bonds is 7. The van der Waals surface area contributed by atoms with E-state index in [0.29, 0.717) is 6.04 Å². The first kappa shape index (κ1) is 12.6. The highest BCUT2D eigenvalue weighted by Gasteiger charge is 2.19. The minimum atomic E-state index is 0.272. The van der Waals surface area contributed by atoms with Crippen LogP contribution in [0.3, 0.4) is 0 Å². The molecule has 1 aromatic heterocycles. The van der Waals surface area contributed by atoms with Gasteiger partial charge in [-0.2, -0.15) is 0 Å². The molecule has 0 bridgehead atoms. The molecule has 0 saturated heterocycles. The van der Waals surface area contributed by atoms with Crippen LogP contribution in [-0.2, 0) is 11.2 Å². The monoisotopic (exact) mass is 228 g/mol. The second kappa shape index (κ2) is 6.93. The smallest absolute Gasteiger partial charge is 0.0941 e. The molecule has 86 valence electrons. The summed E-state index contributed by atoms with van der Waals surface area (Å²) >= 11 is 1.71. The van der Waals surface area contributed by atoms with Crippen LogP contribution in [0.5, 0.6) is 0 Å². The highest BCUT2D eigenvalue weighted by molar-refractivity contribution is 7.09. The van der Waals surface area contributed by atoms with Gasteiger partial charge in [-0.15, -0.1) is 11.3 Å². The molecule has 15 heavy (non-hydrogen) atoms.